The largest absolute Gasteiger partial charge is 0.310 e. The highest BCUT2D eigenvalue weighted by molar-refractivity contribution is 6.27. The number of rotatable bonds is 7. The molecule has 0 N–H and O–H groups in total. The molecular weight excluding hydrogens is 797 g/mol. The number of benzene rings is 12. The van der Waals surface area contributed by atoms with Crippen LogP contribution in [0.3, 0.4) is 0 Å². The molecule has 13 aromatic rings. The fourth-order valence-corrected chi connectivity index (χ4v) is 10.5. The molecule has 2 heteroatoms. The molecule has 0 fully saturated rings. The molecular formula is C64H42N2. The summed E-state index contributed by atoms with van der Waals surface area (Å²) >= 11 is 0. The van der Waals surface area contributed by atoms with Gasteiger partial charge in [0.1, 0.15) is 0 Å². The van der Waals surface area contributed by atoms with Crippen molar-refractivity contribution in [3.63, 3.8) is 0 Å². The number of anilines is 3. The van der Waals surface area contributed by atoms with Gasteiger partial charge in [0.2, 0.25) is 0 Å². The first-order chi connectivity index (χ1) is 32.7. The van der Waals surface area contributed by atoms with Crippen molar-refractivity contribution in [2.75, 3.05) is 4.90 Å². The predicted octanol–water partition coefficient (Wildman–Crippen LogP) is 17.9. The SMILES string of the molecule is c1ccc(-c2ccc(N(c3ccc(-c4ccccc4)cc3)c3ccc4c5c(-c6ccccc6)cc6ccccc6c5n(-c5ccc6c7ccccc7c7ccccc7c6c5)c4c3)cc2)cc1. The average molecular weight is 839 g/mol. The van der Waals surface area contributed by atoms with Gasteiger partial charge in [-0.25, -0.2) is 0 Å². The van der Waals surface area contributed by atoms with Crippen molar-refractivity contribution in [1.82, 2.24) is 4.57 Å². The molecule has 0 unspecified atom stereocenters. The Morgan fingerprint density at radius 2 is 0.697 bits per heavy atom. The summed E-state index contributed by atoms with van der Waals surface area (Å²) in [6.45, 7) is 0. The molecule has 0 aliphatic heterocycles. The molecule has 2 nitrogen and oxygen atoms in total. The lowest BCUT2D eigenvalue weighted by atomic mass is 9.94. The van der Waals surface area contributed by atoms with Gasteiger partial charge in [-0.15, -0.1) is 0 Å². The van der Waals surface area contributed by atoms with Crippen molar-refractivity contribution >= 4 is 82.0 Å². The summed E-state index contributed by atoms with van der Waals surface area (Å²) in [7, 11) is 0. The lowest BCUT2D eigenvalue weighted by molar-refractivity contribution is 1.19. The van der Waals surface area contributed by atoms with Crippen LogP contribution >= 0.6 is 0 Å². The van der Waals surface area contributed by atoms with E-state index in [1.165, 1.54) is 92.8 Å². The Labute approximate surface area is 383 Å². The van der Waals surface area contributed by atoms with Gasteiger partial charge >= 0.3 is 0 Å². The molecule has 308 valence electrons. The van der Waals surface area contributed by atoms with Crippen LogP contribution in [0, 0.1) is 0 Å². The van der Waals surface area contributed by atoms with Gasteiger partial charge in [0.15, 0.2) is 0 Å². The number of nitrogens with zero attached hydrogens (tertiary/aromatic N) is 2. The monoisotopic (exact) mass is 838 g/mol. The minimum atomic E-state index is 1.08. The molecule has 0 bridgehead atoms. The van der Waals surface area contributed by atoms with Crippen molar-refractivity contribution in [3.05, 3.63) is 255 Å². The third-order valence-electron chi connectivity index (χ3n) is 13.5. The average Bonchev–Trinajstić information content (AvgIpc) is 3.74. The number of hydrogen-bond donors (Lipinski definition) is 0. The molecule has 13 rings (SSSR count). The van der Waals surface area contributed by atoms with E-state index in [1.54, 1.807) is 0 Å². The predicted molar refractivity (Wildman–Crippen MR) is 282 cm³/mol. The zero-order valence-electron chi connectivity index (χ0n) is 36.1. The molecule has 0 aliphatic rings. The van der Waals surface area contributed by atoms with E-state index in [1.807, 2.05) is 0 Å². The van der Waals surface area contributed by atoms with Gasteiger partial charge in [-0.2, -0.15) is 0 Å². The van der Waals surface area contributed by atoms with E-state index in [-0.39, 0.29) is 0 Å². The Morgan fingerprint density at radius 1 is 0.273 bits per heavy atom. The summed E-state index contributed by atoms with van der Waals surface area (Å²) in [6.07, 6.45) is 0. The van der Waals surface area contributed by atoms with E-state index in [9.17, 15) is 0 Å². The van der Waals surface area contributed by atoms with Gasteiger partial charge in [-0.05, 0) is 126 Å². The minimum Gasteiger partial charge on any atom is -0.310 e. The highest BCUT2D eigenvalue weighted by Gasteiger charge is 2.23. The Bertz CT molecular complexity index is 3830. The van der Waals surface area contributed by atoms with E-state index < -0.39 is 0 Å². The Kier molecular flexibility index (Phi) is 8.89. The van der Waals surface area contributed by atoms with Gasteiger partial charge in [0, 0.05) is 38.9 Å². The summed E-state index contributed by atoms with van der Waals surface area (Å²) in [4.78, 5) is 2.40. The van der Waals surface area contributed by atoms with E-state index in [2.05, 4.69) is 264 Å². The van der Waals surface area contributed by atoms with Gasteiger partial charge in [-0.1, -0.05) is 200 Å². The molecule has 0 saturated heterocycles. The molecule has 0 amide bonds. The van der Waals surface area contributed by atoms with E-state index in [4.69, 9.17) is 0 Å². The van der Waals surface area contributed by atoms with E-state index >= 15 is 0 Å². The van der Waals surface area contributed by atoms with Gasteiger partial charge in [-0.3, -0.25) is 0 Å². The fraction of sp³-hybridized carbons (Fsp3) is 0. The highest BCUT2D eigenvalue weighted by atomic mass is 15.1. The number of hydrogen-bond acceptors (Lipinski definition) is 1. The van der Waals surface area contributed by atoms with Crippen molar-refractivity contribution < 1.29 is 0 Å². The van der Waals surface area contributed by atoms with Crippen LogP contribution in [0.2, 0.25) is 0 Å². The van der Waals surface area contributed by atoms with Crippen molar-refractivity contribution in [3.8, 4) is 39.1 Å². The Balaban J connectivity index is 1.11. The molecule has 0 atom stereocenters. The maximum Gasteiger partial charge on any atom is 0.0625 e. The highest BCUT2D eigenvalue weighted by Crippen LogP contribution is 2.46. The Morgan fingerprint density at radius 3 is 1.26 bits per heavy atom. The van der Waals surface area contributed by atoms with Gasteiger partial charge < -0.3 is 9.47 Å². The molecule has 0 spiro atoms. The summed E-state index contributed by atoms with van der Waals surface area (Å²) in [5.74, 6) is 0. The smallest absolute Gasteiger partial charge is 0.0625 e. The second kappa shape index (κ2) is 15.5. The van der Waals surface area contributed by atoms with Crippen LogP contribution in [0.25, 0.3) is 104 Å². The lowest BCUT2D eigenvalue weighted by Crippen LogP contribution is -2.10. The third kappa shape index (κ3) is 6.18. The first kappa shape index (κ1) is 37.8. The van der Waals surface area contributed by atoms with E-state index in [0.29, 0.717) is 0 Å². The standard InChI is InChI=1S/C64H42N2/c1-4-16-43(17-5-1)45-28-32-49(33-29-45)65(50-34-30-46(31-35-50)44-18-6-2-7-19-44)52-37-39-59-62(42-52)66(64-53-23-11-10-22-48(53)40-60(63(59)64)47-20-8-3-9-21-47)51-36-38-58-56-26-13-12-24-54(56)55-25-14-15-27-57(55)61(58)41-51/h1-42H. The van der Waals surface area contributed by atoms with Crippen molar-refractivity contribution in [2.24, 2.45) is 0 Å². The van der Waals surface area contributed by atoms with Crippen LogP contribution in [-0.2, 0) is 0 Å². The molecule has 0 radical (unpaired) electrons. The van der Waals surface area contributed by atoms with Crippen LogP contribution in [0.1, 0.15) is 0 Å². The number of aromatic nitrogens is 1. The molecule has 0 aliphatic carbocycles. The summed E-state index contributed by atoms with van der Waals surface area (Å²) in [5.41, 5.74) is 13.9. The van der Waals surface area contributed by atoms with Crippen LogP contribution in [0.15, 0.2) is 255 Å². The first-order valence-electron chi connectivity index (χ1n) is 22.8. The molecule has 12 aromatic carbocycles. The van der Waals surface area contributed by atoms with Gasteiger partial charge in [0.05, 0.1) is 11.0 Å². The van der Waals surface area contributed by atoms with Crippen LogP contribution in [0.5, 0.6) is 0 Å². The number of fused-ring (bicyclic) bond motifs is 11. The van der Waals surface area contributed by atoms with Gasteiger partial charge in [0.25, 0.3) is 0 Å². The van der Waals surface area contributed by atoms with Crippen LogP contribution in [-0.4, -0.2) is 4.57 Å². The molecule has 0 saturated carbocycles. The van der Waals surface area contributed by atoms with E-state index in [0.717, 1.165) is 28.3 Å². The maximum absolute atomic E-state index is 2.54. The van der Waals surface area contributed by atoms with Crippen molar-refractivity contribution in [2.45, 2.75) is 0 Å². The summed E-state index contributed by atoms with van der Waals surface area (Å²) < 4.78 is 2.54. The maximum atomic E-state index is 2.54. The zero-order chi connectivity index (χ0) is 43.6. The topological polar surface area (TPSA) is 8.17 Å². The normalized spacial score (nSPS) is 11.6. The second-order valence-electron chi connectivity index (χ2n) is 17.3. The fourth-order valence-electron chi connectivity index (χ4n) is 10.5. The third-order valence-corrected chi connectivity index (χ3v) is 13.5. The molecule has 66 heavy (non-hydrogen) atoms. The zero-order valence-corrected chi connectivity index (χ0v) is 36.1. The molecule has 1 aromatic heterocycles. The van der Waals surface area contributed by atoms with Crippen LogP contribution < -0.4 is 4.90 Å². The summed E-state index contributed by atoms with van der Waals surface area (Å²) in [5, 5.41) is 12.5. The minimum absolute atomic E-state index is 1.08. The Hall–Kier alpha value is -8.72. The second-order valence-corrected chi connectivity index (χ2v) is 17.3. The van der Waals surface area contributed by atoms with Crippen LogP contribution in [0.4, 0.5) is 17.1 Å². The summed E-state index contributed by atoms with van der Waals surface area (Å²) in [6, 6.07) is 93.3. The molecule has 1 heterocycles. The van der Waals surface area contributed by atoms with Crippen molar-refractivity contribution in [1.29, 1.82) is 0 Å². The quantitative estimate of drug-likeness (QED) is 0.145. The lowest BCUT2D eigenvalue weighted by Gasteiger charge is -2.26. The first-order valence-corrected chi connectivity index (χ1v) is 22.8.